The van der Waals surface area contributed by atoms with E-state index in [0.717, 1.165) is 57.2 Å². The van der Waals surface area contributed by atoms with Crippen LogP contribution >= 0.6 is 47.0 Å². The highest BCUT2D eigenvalue weighted by Gasteiger charge is 2.16. The number of phenolic OH excluding ortho intramolecular Hbond substituents is 1. The summed E-state index contributed by atoms with van der Waals surface area (Å²) in [5, 5.41) is 11.4. The molecule has 8 heteroatoms. The molecule has 0 fully saturated rings. The molecular formula is C21H31NO3S4. The van der Waals surface area contributed by atoms with Crippen molar-refractivity contribution >= 4 is 58.0 Å². The Morgan fingerprint density at radius 3 is 2.14 bits per heavy atom. The predicted octanol–water partition coefficient (Wildman–Crippen LogP) is 5.50. The lowest BCUT2D eigenvalue weighted by molar-refractivity contribution is 0.357. The zero-order valence-electron chi connectivity index (χ0n) is 17.4. The van der Waals surface area contributed by atoms with Crippen LogP contribution in [0.5, 0.6) is 5.75 Å². The Kier molecular flexibility index (Phi) is 11.8. The van der Waals surface area contributed by atoms with Crippen molar-refractivity contribution in [2.45, 2.75) is 27.3 Å². The second-order valence-electron chi connectivity index (χ2n) is 6.49. The molecule has 2 aromatic rings. The maximum Gasteiger partial charge on any atom is 0.336 e. The summed E-state index contributed by atoms with van der Waals surface area (Å²) in [6, 6.07) is 5.03. The van der Waals surface area contributed by atoms with Crippen LogP contribution in [0.25, 0.3) is 11.0 Å². The summed E-state index contributed by atoms with van der Waals surface area (Å²) >= 11 is 7.76. The van der Waals surface area contributed by atoms with E-state index in [1.165, 1.54) is 6.07 Å². The molecular weight excluding hydrogens is 443 g/mol. The van der Waals surface area contributed by atoms with Crippen LogP contribution in [0.1, 0.15) is 25.0 Å². The highest BCUT2D eigenvalue weighted by Crippen LogP contribution is 2.30. The van der Waals surface area contributed by atoms with Gasteiger partial charge in [-0.1, -0.05) is 13.8 Å². The molecule has 0 unspecified atom stereocenters. The van der Waals surface area contributed by atoms with Crippen molar-refractivity contribution in [3.8, 4) is 5.75 Å². The van der Waals surface area contributed by atoms with Crippen molar-refractivity contribution in [2.24, 2.45) is 0 Å². The molecule has 0 radical (unpaired) electrons. The van der Waals surface area contributed by atoms with E-state index in [0.29, 0.717) is 17.7 Å². The number of benzene rings is 1. The minimum Gasteiger partial charge on any atom is -0.507 e. The van der Waals surface area contributed by atoms with Crippen molar-refractivity contribution < 1.29 is 9.52 Å². The second-order valence-corrected chi connectivity index (χ2v) is 11.4. The van der Waals surface area contributed by atoms with Crippen LogP contribution in [-0.4, -0.2) is 56.3 Å². The van der Waals surface area contributed by atoms with Crippen molar-refractivity contribution in [2.75, 3.05) is 46.3 Å². The van der Waals surface area contributed by atoms with E-state index in [9.17, 15) is 9.90 Å². The van der Waals surface area contributed by atoms with Gasteiger partial charge in [0.1, 0.15) is 11.3 Å². The van der Waals surface area contributed by atoms with Crippen molar-refractivity contribution in [1.29, 1.82) is 0 Å². The van der Waals surface area contributed by atoms with E-state index in [2.05, 4.69) is 18.7 Å². The molecule has 29 heavy (non-hydrogen) atoms. The zero-order valence-corrected chi connectivity index (χ0v) is 20.7. The molecule has 1 heterocycles. The SMILES string of the molecule is CCSCCSCN(CSCCSCC)Cc1c(O)ccc2c(C)cc(=O)oc12. The van der Waals surface area contributed by atoms with Crippen LogP contribution in [0.3, 0.4) is 0 Å². The number of aromatic hydroxyl groups is 1. The number of aryl methyl sites for hydroxylation is 1. The average molecular weight is 474 g/mol. The number of hydrogen-bond donors (Lipinski definition) is 1. The van der Waals surface area contributed by atoms with Gasteiger partial charge < -0.3 is 9.52 Å². The molecule has 1 aromatic carbocycles. The van der Waals surface area contributed by atoms with Gasteiger partial charge in [-0.3, -0.25) is 4.90 Å². The Bertz CT molecular complexity index is 798. The molecule has 0 atom stereocenters. The lowest BCUT2D eigenvalue weighted by atomic mass is 10.1. The number of nitrogens with zero attached hydrogens (tertiary/aromatic N) is 1. The average Bonchev–Trinajstić information content (AvgIpc) is 2.69. The third-order valence-corrected chi connectivity index (χ3v) is 8.68. The first-order chi connectivity index (χ1) is 14.1. The summed E-state index contributed by atoms with van der Waals surface area (Å²) in [5.74, 6) is 8.81. The lowest BCUT2D eigenvalue weighted by Crippen LogP contribution is -2.23. The molecule has 1 aromatic heterocycles. The number of hydrogen-bond acceptors (Lipinski definition) is 8. The molecule has 2 rings (SSSR count). The largest absolute Gasteiger partial charge is 0.507 e. The first-order valence-corrected chi connectivity index (χ1v) is 14.5. The molecule has 0 saturated heterocycles. The van der Waals surface area contributed by atoms with Gasteiger partial charge in [0.15, 0.2) is 0 Å². The van der Waals surface area contributed by atoms with Gasteiger partial charge >= 0.3 is 5.63 Å². The van der Waals surface area contributed by atoms with E-state index in [-0.39, 0.29) is 11.4 Å². The number of rotatable bonds is 14. The summed E-state index contributed by atoms with van der Waals surface area (Å²) in [6.45, 7) is 6.84. The molecule has 0 spiro atoms. The molecule has 162 valence electrons. The fourth-order valence-electron chi connectivity index (χ4n) is 2.85. The molecule has 0 saturated carbocycles. The Hall–Kier alpha value is -0.410. The molecule has 0 aliphatic rings. The van der Waals surface area contributed by atoms with Gasteiger partial charge in [0.05, 0.1) is 5.56 Å². The molecule has 0 amide bonds. The lowest BCUT2D eigenvalue weighted by Gasteiger charge is -2.22. The summed E-state index contributed by atoms with van der Waals surface area (Å²) in [4.78, 5) is 14.3. The molecule has 0 aliphatic carbocycles. The van der Waals surface area contributed by atoms with Crippen molar-refractivity contribution in [3.05, 3.63) is 39.7 Å². The Morgan fingerprint density at radius 2 is 1.55 bits per heavy atom. The van der Waals surface area contributed by atoms with E-state index in [4.69, 9.17) is 4.42 Å². The van der Waals surface area contributed by atoms with Gasteiger partial charge in [-0.25, -0.2) is 4.79 Å². The minimum atomic E-state index is -0.370. The summed E-state index contributed by atoms with van der Waals surface area (Å²) in [5.41, 5.74) is 1.72. The van der Waals surface area contributed by atoms with Crippen LogP contribution in [0.4, 0.5) is 0 Å². The summed E-state index contributed by atoms with van der Waals surface area (Å²) in [7, 11) is 0. The van der Waals surface area contributed by atoms with Gasteiger partial charge in [0.25, 0.3) is 0 Å². The predicted molar refractivity (Wildman–Crippen MR) is 135 cm³/mol. The molecule has 0 bridgehead atoms. The van der Waals surface area contributed by atoms with Gasteiger partial charge in [0, 0.05) is 52.8 Å². The highest BCUT2D eigenvalue weighted by atomic mass is 32.2. The van der Waals surface area contributed by atoms with E-state index in [1.54, 1.807) is 6.07 Å². The third-order valence-electron chi connectivity index (χ3n) is 4.28. The van der Waals surface area contributed by atoms with Crippen LogP contribution < -0.4 is 5.63 Å². The zero-order chi connectivity index (χ0) is 21.1. The van der Waals surface area contributed by atoms with Crippen molar-refractivity contribution in [3.63, 3.8) is 0 Å². The maximum atomic E-state index is 11.9. The monoisotopic (exact) mass is 473 g/mol. The van der Waals surface area contributed by atoms with E-state index in [1.807, 2.05) is 60.0 Å². The Labute approximate surface area is 191 Å². The number of phenols is 1. The number of fused-ring (bicyclic) bond motifs is 1. The topological polar surface area (TPSA) is 53.7 Å². The van der Waals surface area contributed by atoms with Crippen LogP contribution in [0, 0.1) is 6.92 Å². The van der Waals surface area contributed by atoms with Gasteiger partial charge in [-0.05, 0) is 36.1 Å². The van der Waals surface area contributed by atoms with Crippen LogP contribution in [0.15, 0.2) is 27.4 Å². The van der Waals surface area contributed by atoms with Gasteiger partial charge in [0.2, 0.25) is 0 Å². The number of thioether (sulfide) groups is 4. The fourth-order valence-corrected chi connectivity index (χ4v) is 6.56. The quantitative estimate of drug-likeness (QED) is 0.219. The van der Waals surface area contributed by atoms with Crippen LogP contribution in [0.2, 0.25) is 0 Å². The fraction of sp³-hybridized carbons (Fsp3) is 0.571. The minimum absolute atomic E-state index is 0.189. The molecule has 1 N–H and O–H groups in total. The standard InChI is InChI=1S/C21H31NO3S4/c1-4-26-8-10-28-14-22(15-29-11-9-27-5-2)13-18-19(23)7-6-17-16(3)12-20(24)25-21(17)18/h6-7,12,23H,4-5,8-11,13-15H2,1-3H3. The third kappa shape index (κ3) is 8.32. The normalized spacial score (nSPS) is 11.6. The first kappa shape index (κ1) is 24.9. The van der Waals surface area contributed by atoms with Crippen molar-refractivity contribution in [1.82, 2.24) is 4.90 Å². The van der Waals surface area contributed by atoms with E-state index < -0.39 is 0 Å². The second kappa shape index (κ2) is 13.8. The first-order valence-electron chi connectivity index (χ1n) is 9.85. The summed E-state index contributed by atoms with van der Waals surface area (Å²) < 4.78 is 5.51. The van der Waals surface area contributed by atoms with E-state index >= 15 is 0 Å². The smallest absolute Gasteiger partial charge is 0.336 e. The Morgan fingerprint density at radius 1 is 0.966 bits per heavy atom. The molecule has 4 nitrogen and oxygen atoms in total. The summed E-state index contributed by atoms with van der Waals surface area (Å²) in [6.07, 6.45) is 0. The van der Waals surface area contributed by atoms with Gasteiger partial charge in [-0.2, -0.15) is 23.5 Å². The highest BCUT2D eigenvalue weighted by molar-refractivity contribution is 8.03. The Balaban J connectivity index is 2.13. The maximum absolute atomic E-state index is 11.9. The molecule has 0 aliphatic heterocycles. The van der Waals surface area contributed by atoms with Gasteiger partial charge in [-0.15, -0.1) is 23.5 Å². The van der Waals surface area contributed by atoms with Crippen LogP contribution in [-0.2, 0) is 6.54 Å².